The Morgan fingerprint density at radius 3 is 2.87 bits per heavy atom. The number of aliphatic hydroxyl groups excluding tert-OH is 1. The lowest BCUT2D eigenvalue weighted by Gasteiger charge is -2.34. The molecule has 0 spiro atoms. The van der Waals surface area contributed by atoms with Crippen molar-refractivity contribution in [2.45, 2.75) is 38.8 Å². The lowest BCUT2D eigenvalue weighted by atomic mass is 9.91. The van der Waals surface area contributed by atoms with Crippen molar-refractivity contribution in [2.75, 3.05) is 20.1 Å². The molecule has 0 unspecified atom stereocenters. The van der Waals surface area contributed by atoms with Gasteiger partial charge in [0.1, 0.15) is 0 Å². The van der Waals surface area contributed by atoms with Gasteiger partial charge in [-0.1, -0.05) is 0 Å². The fourth-order valence-corrected chi connectivity index (χ4v) is 1.92. The Morgan fingerprint density at radius 2 is 2.33 bits per heavy atom. The fourth-order valence-electron chi connectivity index (χ4n) is 1.92. The van der Waals surface area contributed by atoms with E-state index in [1.165, 1.54) is 0 Å². The van der Waals surface area contributed by atoms with Gasteiger partial charge in [0.05, 0.1) is 6.10 Å². The van der Waals surface area contributed by atoms with Crippen molar-refractivity contribution in [1.82, 2.24) is 10.2 Å². The fraction of sp³-hybridized carbons (Fsp3) is 0.909. The van der Waals surface area contributed by atoms with Crippen LogP contribution < -0.4 is 5.32 Å². The third kappa shape index (κ3) is 3.80. The molecule has 15 heavy (non-hydrogen) atoms. The number of piperidine rings is 1. The van der Waals surface area contributed by atoms with Gasteiger partial charge in [-0.2, -0.15) is 0 Å². The van der Waals surface area contributed by atoms with E-state index in [1.54, 1.807) is 6.92 Å². The Kier molecular flexibility index (Phi) is 4.54. The summed E-state index contributed by atoms with van der Waals surface area (Å²) in [6.45, 7) is 5.17. The van der Waals surface area contributed by atoms with Crippen LogP contribution in [-0.4, -0.2) is 48.2 Å². The monoisotopic (exact) mass is 214 g/mol. The summed E-state index contributed by atoms with van der Waals surface area (Å²) in [6, 6.07) is 0.473. The van der Waals surface area contributed by atoms with E-state index in [1.807, 2.05) is 0 Å². The van der Waals surface area contributed by atoms with E-state index in [4.69, 9.17) is 5.11 Å². The Balaban J connectivity index is 2.34. The molecule has 1 fully saturated rings. The molecule has 0 aromatic heterocycles. The summed E-state index contributed by atoms with van der Waals surface area (Å²) < 4.78 is 0. The first-order valence-electron chi connectivity index (χ1n) is 5.66. The first-order valence-corrected chi connectivity index (χ1v) is 5.66. The summed E-state index contributed by atoms with van der Waals surface area (Å²) in [4.78, 5) is 14.0. The van der Waals surface area contributed by atoms with Crippen LogP contribution in [0.2, 0.25) is 0 Å². The molecule has 0 aromatic rings. The molecule has 0 saturated carbocycles. The zero-order chi connectivity index (χ0) is 11.4. The molecule has 1 saturated heterocycles. The second kappa shape index (κ2) is 5.47. The van der Waals surface area contributed by atoms with Crippen LogP contribution >= 0.6 is 0 Å². The van der Waals surface area contributed by atoms with Crippen LogP contribution in [0.4, 0.5) is 0 Å². The van der Waals surface area contributed by atoms with Gasteiger partial charge in [-0.25, -0.2) is 0 Å². The molecular weight excluding hydrogens is 192 g/mol. The molecule has 88 valence electrons. The smallest absolute Gasteiger partial charge is 0.223 e. The SMILES string of the molecule is C[C@@H](O)CNC(=O)[C@H]1CCN(C)[C@@H](C)C1. The van der Waals surface area contributed by atoms with Gasteiger partial charge in [0.15, 0.2) is 0 Å². The number of amides is 1. The first kappa shape index (κ1) is 12.5. The molecule has 1 rings (SSSR count). The third-order valence-corrected chi connectivity index (χ3v) is 3.15. The van der Waals surface area contributed by atoms with Crippen LogP contribution in [0.1, 0.15) is 26.7 Å². The molecule has 4 nitrogen and oxygen atoms in total. The lowest BCUT2D eigenvalue weighted by molar-refractivity contribution is -0.127. The number of likely N-dealkylation sites (tertiary alicyclic amines) is 1. The molecule has 1 amide bonds. The van der Waals surface area contributed by atoms with Crippen LogP contribution in [-0.2, 0) is 4.79 Å². The van der Waals surface area contributed by atoms with Crippen molar-refractivity contribution in [3.8, 4) is 0 Å². The lowest BCUT2D eigenvalue weighted by Crippen LogP contribution is -2.44. The quantitative estimate of drug-likeness (QED) is 0.706. The molecule has 1 aliphatic rings. The van der Waals surface area contributed by atoms with Crippen LogP contribution in [0.3, 0.4) is 0 Å². The summed E-state index contributed by atoms with van der Waals surface area (Å²) in [5, 5.41) is 11.9. The number of hydrogen-bond acceptors (Lipinski definition) is 3. The highest BCUT2D eigenvalue weighted by Crippen LogP contribution is 2.21. The summed E-state index contributed by atoms with van der Waals surface area (Å²) in [6.07, 6.45) is 1.38. The van der Waals surface area contributed by atoms with Crippen LogP contribution in [0.5, 0.6) is 0 Å². The molecule has 3 atom stereocenters. The topological polar surface area (TPSA) is 52.6 Å². The Bertz CT molecular complexity index is 219. The number of hydrogen-bond donors (Lipinski definition) is 2. The highest BCUT2D eigenvalue weighted by molar-refractivity contribution is 5.78. The Hall–Kier alpha value is -0.610. The summed E-state index contributed by atoms with van der Waals surface area (Å²) in [5.41, 5.74) is 0. The van der Waals surface area contributed by atoms with Crippen LogP contribution in [0.25, 0.3) is 0 Å². The van der Waals surface area contributed by atoms with Crippen molar-refractivity contribution in [3.05, 3.63) is 0 Å². The van der Waals surface area contributed by atoms with Crippen molar-refractivity contribution in [2.24, 2.45) is 5.92 Å². The summed E-state index contributed by atoms with van der Waals surface area (Å²) >= 11 is 0. The van der Waals surface area contributed by atoms with E-state index in [0.29, 0.717) is 12.6 Å². The average Bonchev–Trinajstić information content (AvgIpc) is 2.18. The number of nitrogens with zero attached hydrogens (tertiary/aromatic N) is 1. The number of carbonyl (C=O) groups excluding carboxylic acids is 1. The van der Waals surface area contributed by atoms with Gasteiger partial charge in [-0.3, -0.25) is 4.79 Å². The molecule has 4 heteroatoms. The second-order valence-corrected chi connectivity index (χ2v) is 4.65. The molecule has 1 heterocycles. The van der Waals surface area contributed by atoms with Crippen molar-refractivity contribution >= 4 is 5.91 Å². The Morgan fingerprint density at radius 1 is 1.67 bits per heavy atom. The van der Waals surface area contributed by atoms with Crippen molar-refractivity contribution in [3.63, 3.8) is 0 Å². The maximum absolute atomic E-state index is 11.7. The largest absolute Gasteiger partial charge is 0.392 e. The van der Waals surface area contributed by atoms with E-state index in [-0.39, 0.29) is 11.8 Å². The molecule has 0 bridgehead atoms. The van der Waals surface area contributed by atoms with Gasteiger partial charge in [0, 0.05) is 18.5 Å². The minimum atomic E-state index is -0.461. The van der Waals surface area contributed by atoms with E-state index < -0.39 is 6.10 Å². The highest BCUT2D eigenvalue weighted by atomic mass is 16.3. The van der Waals surface area contributed by atoms with Gasteiger partial charge < -0.3 is 15.3 Å². The highest BCUT2D eigenvalue weighted by Gasteiger charge is 2.27. The van der Waals surface area contributed by atoms with E-state index in [0.717, 1.165) is 19.4 Å². The van der Waals surface area contributed by atoms with Crippen LogP contribution in [0.15, 0.2) is 0 Å². The second-order valence-electron chi connectivity index (χ2n) is 4.65. The predicted molar refractivity (Wildman–Crippen MR) is 59.5 cm³/mol. The van der Waals surface area contributed by atoms with Gasteiger partial charge in [-0.05, 0) is 40.3 Å². The molecule has 0 aliphatic carbocycles. The van der Waals surface area contributed by atoms with E-state index in [2.05, 4.69) is 24.2 Å². The standard InChI is InChI=1S/C11H22N2O2/c1-8-6-10(4-5-13(8)3)11(15)12-7-9(2)14/h8-10,14H,4-7H2,1-3H3,(H,12,15)/t8-,9+,10-/m0/s1. The molecule has 0 radical (unpaired) electrons. The minimum absolute atomic E-state index is 0.0934. The number of carbonyl (C=O) groups is 1. The Labute approximate surface area is 91.6 Å². The molecular formula is C11H22N2O2. The predicted octanol–water partition coefficient (Wildman–Crippen LogP) is 0.214. The van der Waals surface area contributed by atoms with Crippen molar-refractivity contribution < 1.29 is 9.90 Å². The zero-order valence-corrected chi connectivity index (χ0v) is 9.86. The minimum Gasteiger partial charge on any atom is -0.392 e. The molecule has 0 aromatic carbocycles. The number of nitrogens with one attached hydrogen (secondary N) is 1. The van der Waals surface area contributed by atoms with Gasteiger partial charge in [0.2, 0.25) is 5.91 Å². The first-order chi connectivity index (χ1) is 7.00. The maximum Gasteiger partial charge on any atom is 0.223 e. The van der Waals surface area contributed by atoms with Crippen molar-refractivity contribution in [1.29, 1.82) is 0 Å². The number of aliphatic hydroxyl groups is 1. The maximum atomic E-state index is 11.7. The normalized spacial score (nSPS) is 29.9. The molecule has 2 N–H and O–H groups in total. The van der Waals surface area contributed by atoms with Gasteiger partial charge in [0.25, 0.3) is 0 Å². The van der Waals surface area contributed by atoms with Crippen LogP contribution in [0, 0.1) is 5.92 Å². The number of rotatable bonds is 3. The van der Waals surface area contributed by atoms with Gasteiger partial charge >= 0.3 is 0 Å². The van der Waals surface area contributed by atoms with Gasteiger partial charge in [-0.15, -0.1) is 0 Å². The molecule has 1 aliphatic heterocycles. The third-order valence-electron chi connectivity index (χ3n) is 3.15. The van der Waals surface area contributed by atoms with E-state index in [9.17, 15) is 4.79 Å². The average molecular weight is 214 g/mol. The summed E-state index contributed by atoms with van der Waals surface area (Å²) in [5.74, 6) is 0.214. The van der Waals surface area contributed by atoms with E-state index >= 15 is 0 Å². The zero-order valence-electron chi connectivity index (χ0n) is 9.86. The summed E-state index contributed by atoms with van der Waals surface area (Å²) in [7, 11) is 2.09.